The van der Waals surface area contributed by atoms with Gasteiger partial charge in [-0.05, 0) is 39.0 Å². The molecule has 0 radical (unpaired) electrons. The Hall–Kier alpha value is -0.570. The van der Waals surface area contributed by atoms with E-state index in [1.165, 1.54) is 19.3 Å². The van der Waals surface area contributed by atoms with E-state index >= 15 is 0 Å². The quantitative estimate of drug-likeness (QED) is 0.821. The van der Waals surface area contributed by atoms with Crippen LogP contribution in [-0.2, 0) is 4.79 Å². The minimum absolute atomic E-state index is 0.283. The number of aliphatic hydroxyl groups is 1. The van der Waals surface area contributed by atoms with Crippen molar-refractivity contribution in [3.05, 3.63) is 0 Å². The predicted octanol–water partition coefficient (Wildman–Crippen LogP) is 2.33. The topological polar surface area (TPSA) is 40.5 Å². The molecule has 1 aliphatic carbocycles. The number of hydrogen-bond acceptors (Lipinski definition) is 2. The molecule has 3 nitrogen and oxygen atoms in total. The van der Waals surface area contributed by atoms with E-state index in [2.05, 4.69) is 4.90 Å². The van der Waals surface area contributed by atoms with Crippen LogP contribution in [0.15, 0.2) is 0 Å². The van der Waals surface area contributed by atoms with E-state index < -0.39 is 0 Å². The van der Waals surface area contributed by atoms with Crippen LogP contribution in [0.4, 0.5) is 0 Å². The SMILES string of the molecule is CC(O)CC1CCCCCN1C(=O)C1CCC1. The number of amides is 1. The first kappa shape index (κ1) is 12.9. The summed E-state index contributed by atoms with van der Waals surface area (Å²) in [4.78, 5) is 14.5. The fourth-order valence-corrected chi connectivity index (χ4v) is 3.00. The zero-order valence-electron chi connectivity index (χ0n) is 10.9. The summed E-state index contributed by atoms with van der Waals surface area (Å²) in [7, 11) is 0. The van der Waals surface area contributed by atoms with Gasteiger partial charge in [0.2, 0.25) is 5.91 Å². The molecular weight excluding hydrogens is 214 g/mol. The zero-order valence-corrected chi connectivity index (χ0v) is 10.9. The highest BCUT2D eigenvalue weighted by Gasteiger charge is 2.33. The Bertz CT molecular complexity index is 261. The van der Waals surface area contributed by atoms with Gasteiger partial charge in [-0.2, -0.15) is 0 Å². The second-order valence-corrected chi connectivity index (χ2v) is 5.75. The molecule has 2 atom stereocenters. The molecule has 98 valence electrons. The third-order valence-corrected chi connectivity index (χ3v) is 4.23. The van der Waals surface area contributed by atoms with E-state index in [1.54, 1.807) is 0 Å². The number of hydrogen-bond donors (Lipinski definition) is 1. The number of carbonyl (C=O) groups is 1. The molecule has 0 bridgehead atoms. The second-order valence-electron chi connectivity index (χ2n) is 5.75. The number of aliphatic hydroxyl groups excluding tert-OH is 1. The van der Waals surface area contributed by atoms with E-state index in [-0.39, 0.29) is 12.1 Å². The molecule has 2 rings (SSSR count). The fourth-order valence-electron chi connectivity index (χ4n) is 3.00. The van der Waals surface area contributed by atoms with Crippen molar-refractivity contribution in [1.29, 1.82) is 0 Å². The third kappa shape index (κ3) is 3.21. The molecule has 1 saturated heterocycles. The van der Waals surface area contributed by atoms with Crippen LogP contribution in [0.25, 0.3) is 0 Å². The van der Waals surface area contributed by atoms with Crippen molar-refractivity contribution in [3.8, 4) is 0 Å². The van der Waals surface area contributed by atoms with Gasteiger partial charge in [0.05, 0.1) is 6.10 Å². The van der Waals surface area contributed by atoms with Crippen molar-refractivity contribution in [3.63, 3.8) is 0 Å². The Balaban J connectivity index is 1.99. The molecular formula is C14H25NO2. The first-order valence-corrected chi connectivity index (χ1v) is 7.17. The van der Waals surface area contributed by atoms with Gasteiger partial charge in [0.1, 0.15) is 0 Å². The summed E-state index contributed by atoms with van der Waals surface area (Å²) in [5.74, 6) is 0.661. The van der Waals surface area contributed by atoms with Crippen molar-refractivity contribution in [2.24, 2.45) is 5.92 Å². The van der Waals surface area contributed by atoms with Crippen LogP contribution in [0.3, 0.4) is 0 Å². The highest BCUT2D eigenvalue weighted by atomic mass is 16.3. The smallest absolute Gasteiger partial charge is 0.225 e. The van der Waals surface area contributed by atoms with Crippen molar-refractivity contribution >= 4 is 5.91 Å². The zero-order chi connectivity index (χ0) is 12.3. The van der Waals surface area contributed by atoms with Crippen LogP contribution >= 0.6 is 0 Å². The third-order valence-electron chi connectivity index (χ3n) is 4.23. The van der Waals surface area contributed by atoms with Crippen molar-refractivity contribution in [2.45, 2.75) is 70.4 Å². The molecule has 1 amide bonds. The monoisotopic (exact) mass is 239 g/mol. The van der Waals surface area contributed by atoms with Crippen molar-refractivity contribution < 1.29 is 9.90 Å². The number of likely N-dealkylation sites (tertiary alicyclic amines) is 1. The van der Waals surface area contributed by atoms with Crippen LogP contribution in [0.1, 0.15) is 58.3 Å². The Morgan fingerprint density at radius 3 is 2.59 bits per heavy atom. The standard InChI is InChI=1S/C14H25NO2/c1-11(16)10-13-8-3-2-4-9-15(13)14(17)12-6-5-7-12/h11-13,16H,2-10H2,1H3. The maximum Gasteiger partial charge on any atom is 0.225 e. The number of carbonyl (C=O) groups excluding carboxylic acids is 1. The first-order chi connectivity index (χ1) is 8.18. The molecule has 1 heterocycles. The molecule has 1 aliphatic heterocycles. The van der Waals surface area contributed by atoms with Gasteiger partial charge >= 0.3 is 0 Å². The molecule has 0 aromatic heterocycles. The van der Waals surface area contributed by atoms with Crippen LogP contribution in [0.5, 0.6) is 0 Å². The predicted molar refractivity (Wildman–Crippen MR) is 67.6 cm³/mol. The molecule has 0 aromatic rings. The van der Waals surface area contributed by atoms with E-state index in [0.717, 1.165) is 38.6 Å². The van der Waals surface area contributed by atoms with E-state index in [1.807, 2.05) is 6.92 Å². The largest absolute Gasteiger partial charge is 0.393 e. The van der Waals surface area contributed by atoms with E-state index in [4.69, 9.17) is 0 Å². The highest BCUT2D eigenvalue weighted by Crippen LogP contribution is 2.31. The van der Waals surface area contributed by atoms with Gasteiger partial charge in [-0.1, -0.05) is 19.3 Å². The summed E-state index contributed by atoms with van der Waals surface area (Å²) < 4.78 is 0. The van der Waals surface area contributed by atoms with Gasteiger partial charge in [0.15, 0.2) is 0 Å². The average Bonchev–Trinajstić information content (AvgIpc) is 2.39. The van der Waals surface area contributed by atoms with Gasteiger partial charge in [0.25, 0.3) is 0 Å². The Kier molecular flexibility index (Phi) is 4.43. The maximum atomic E-state index is 12.4. The average molecular weight is 239 g/mol. The van der Waals surface area contributed by atoms with Crippen LogP contribution in [-0.4, -0.2) is 34.6 Å². The minimum Gasteiger partial charge on any atom is -0.393 e. The summed E-state index contributed by atoms with van der Waals surface area (Å²) >= 11 is 0. The van der Waals surface area contributed by atoms with Crippen LogP contribution in [0, 0.1) is 5.92 Å². The Morgan fingerprint density at radius 1 is 1.24 bits per heavy atom. The Morgan fingerprint density at radius 2 is 2.00 bits per heavy atom. The molecule has 17 heavy (non-hydrogen) atoms. The lowest BCUT2D eigenvalue weighted by Gasteiger charge is -2.36. The highest BCUT2D eigenvalue weighted by molar-refractivity contribution is 5.80. The van der Waals surface area contributed by atoms with Gasteiger partial charge in [-0.3, -0.25) is 4.79 Å². The summed E-state index contributed by atoms with van der Waals surface area (Å²) in [6, 6.07) is 0.283. The Labute approximate surface area is 104 Å². The number of rotatable bonds is 3. The van der Waals surface area contributed by atoms with E-state index in [9.17, 15) is 9.90 Å². The van der Waals surface area contributed by atoms with Gasteiger partial charge < -0.3 is 10.0 Å². The molecule has 2 aliphatic rings. The first-order valence-electron chi connectivity index (χ1n) is 7.17. The summed E-state index contributed by atoms with van der Waals surface area (Å²) in [6.07, 6.45) is 8.46. The summed E-state index contributed by atoms with van der Waals surface area (Å²) in [5.41, 5.74) is 0. The molecule has 2 unspecified atom stereocenters. The minimum atomic E-state index is -0.296. The van der Waals surface area contributed by atoms with E-state index in [0.29, 0.717) is 11.8 Å². The summed E-state index contributed by atoms with van der Waals surface area (Å²) in [5, 5.41) is 9.57. The maximum absolute atomic E-state index is 12.4. The second kappa shape index (κ2) is 5.85. The molecule has 1 saturated carbocycles. The van der Waals surface area contributed by atoms with Gasteiger partial charge in [0, 0.05) is 18.5 Å². The van der Waals surface area contributed by atoms with Crippen LogP contribution in [0.2, 0.25) is 0 Å². The molecule has 1 N–H and O–H groups in total. The molecule has 2 fully saturated rings. The lowest BCUT2D eigenvalue weighted by atomic mass is 9.84. The fraction of sp³-hybridized carbons (Fsp3) is 0.929. The lowest BCUT2D eigenvalue weighted by molar-refractivity contribution is -0.141. The molecule has 3 heteroatoms. The summed E-state index contributed by atoms with van der Waals surface area (Å²) in [6.45, 7) is 2.74. The van der Waals surface area contributed by atoms with Gasteiger partial charge in [-0.15, -0.1) is 0 Å². The van der Waals surface area contributed by atoms with Crippen LogP contribution < -0.4 is 0 Å². The van der Waals surface area contributed by atoms with Gasteiger partial charge in [-0.25, -0.2) is 0 Å². The molecule has 0 spiro atoms. The van der Waals surface area contributed by atoms with Crippen molar-refractivity contribution in [1.82, 2.24) is 4.90 Å². The molecule has 0 aromatic carbocycles. The normalized spacial score (nSPS) is 28.4. The van der Waals surface area contributed by atoms with Crippen molar-refractivity contribution in [2.75, 3.05) is 6.54 Å². The lowest BCUT2D eigenvalue weighted by Crippen LogP contribution is -2.46. The number of nitrogens with zero attached hydrogens (tertiary/aromatic N) is 1.